The average Bonchev–Trinajstić information content (AvgIpc) is 3.62. The topological polar surface area (TPSA) is 71.7 Å². The third-order valence-corrected chi connectivity index (χ3v) is 7.24. The molecule has 36 heavy (non-hydrogen) atoms. The molecule has 2 aliphatic heterocycles. The quantitative estimate of drug-likeness (QED) is 0.349. The van der Waals surface area contributed by atoms with E-state index in [1.165, 1.54) is 0 Å². The zero-order valence-corrected chi connectivity index (χ0v) is 20.3. The van der Waals surface area contributed by atoms with Crippen molar-refractivity contribution in [2.45, 2.75) is 25.7 Å². The van der Waals surface area contributed by atoms with E-state index in [-0.39, 0.29) is 11.5 Å². The van der Waals surface area contributed by atoms with Gasteiger partial charge >= 0.3 is 0 Å². The number of fused-ring (bicyclic) bond motifs is 2. The van der Waals surface area contributed by atoms with Gasteiger partial charge in [-0.3, -0.25) is 10.0 Å². The van der Waals surface area contributed by atoms with Crippen LogP contribution in [0.3, 0.4) is 0 Å². The van der Waals surface area contributed by atoms with E-state index in [2.05, 4.69) is 10.2 Å². The van der Waals surface area contributed by atoms with Crippen molar-refractivity contribution in [2.75, 3.05) is 26.2 Å². The minimum absolute atomic E-state index is 0.116. The first-order valence-electron chi connectivity index (χ1n) is 12.8. The highest BCUT2D eigenvalue weighted by Crippen LogP contribution is 2.47. The molecule has 0 spiro atoms. The van der Waals surface area contributed by atoms with Gasteiger partial charge in [-0.15, -0.1) is 0 Å². The number of hydrogen-bond acceptors (Lipinski definition) is 6. The summed E-state index contributed by atoms with van der Waals surface area (Å²) in [6.45, 7) is 3.73. The van der Waals surface area contributed by atoms with Gasteiger partial charge in [0.1, 0.15) is 11.5 Å². The monoisotopic (exact) mass is 478 g/mol. The fraction of sp³-hybridized carbons (Fsp3) is 0.267. The lowest BCUT2D eigenvalue weighted by atomic mass is 9.89. The number of aromatic hydroxyl groups is 2. The molecule has 2 N–H and O–H groups in total. The van der Waals surface area contributed by atoms with Crippen LogP contribution in [-0.4, -0.2) is 58.8 Å². The summed E-state index contributed by atoms with van der Waals surface area (Å²) in [5.41, 5.74) is 2.49. The van der Waals surface area contributed by atoms with Crippen LogP contribution in [0.2, 0.25) is 0 Å². The van der Waals surface area contributed by atoms with Crippen molar-refractivity contribution in [3.63, 3.8) is 0 Å². The molecule has 4 aromatic carbocycles. The first-order chi connectivity index (χ1) is 17.7. The van der Waals surface area contributed by atoms with E-state index in [4.69, 9.17) is 0 Å². The summed E-state index contributed by atoms with van der Waals surface area (Å²) in [7, 11) is 0. The summed E-state index contributed by atoms with van der Waals surface area (Å²) in [5.74, 6) is 0.233. The third kappa shape index (κ3) is 4.13. The zero-order valence-electron chi connectivity index (χ0n) is 20.3. The van der Waals surface area contributed by atoms with E-state index >= 15 is 0 Å². The van der Waals surface area contributed by atoms with Crippen molar-refractivity contribution >= 4 is 34.0 Å². The Morgan fingerprint density at radius 2 is 0.972 bits per heavy atom. The van der Waals surface area contributed by atoms with Gasteiger partial charge in [-0.05, 0) is 59.4 Å². The van der Waals surface area contributed by atoms with Gasteiger partial charge in [0.05, 0.1) is 12.4 Å². The molecule has 0 unspecified atom stereocenters. The Bertz CT molecular complexity index is 1370. The molecule has 2 aliphatic rings. The van der Waals surface area contributed by atoms with Gasteiger partial charge in [-0.25, -0.2) is 0 Å². The zero-order chi connectivity index (χ0) is 24.5. The summed E-state index contributed by atoms with van der Waals surface area (Å²) in [6.07, 6.45) is 8.04. The maximum Gasteiger partial charge on any atom is 0.133 e. The summed E-state index contributed by atoms with van der Waals surface area (Å²) in [5, 5.41) is 40.3. The van der Waals surface area contributed by atoms with E-state index in [1.807, 2.05) is 70.7 Å². The van der Waals surface area contributed by atoms with E-state index in [0.717, 1.165) is 73.4 Å². The highest BCUT2D eigenvalue weighted by atomic mass is 16.3. The fourth-order valence-electron chi connectivity index (χ4n) is 5.34. The molecule has 6 rings (SSSR count). The van der Waals surface area contributed by atoms with Crippen molar-refractivity contribution in [2.24, 2.45) is 10.2 Å². The number of rotatable bonds is 5. The molecule has 4 aromatic rings. The predicted octanol–water partition coefficient (Wildman–Crippen LogP) is 5.93. The summed E-state index contributed by atoms with van der Waals surface area (Å²) < 4.78 is 0. The SMILES string of the molecule is Oc1c(/C=N/N2CCCC2)cc2ccccc2c1-c1c(O)c(/C=N/N2CCCC2)cc2ccccc12. The maximum absolute atomic E-state index is 11.6. The Morgan fingerprint density at radius 1 is 0.583 bits per heavy atom. The molecule has 2 saturated heterocycles. The summed E-state index contributed by atoms with van der Waals surface area (Å²) in [4.78, 5) is 0. The molecule has 0 aliphatic carbocycles. The van der Waals surface area contributed by atoms with Crippen LogP contribution in [0.15, 0.2) is 70.9 Å². The van der Waals surface area contributed by atoms with Crippen LogP contribution in [-0.2, 0) is 0 Å². The molecule has 6 nitrogen and oxygen atoms in total. The van der Waals surface area contributed by atoms with Gasteiger partial charge in [0, 0.05) is 48.4 Å². The van der Waals surface area contributed by atoms with Gasteiger partial charge in [-0.2, -0.15) is 10.2 Å². The number of phenols is 2. The van der Waals surface area contributed by atoms with Gasteiger partial charge in [-0.1, -0.05) is 48.5 Å². The van der Waals surface area contributed by atoms with E-state index in [9.17, 15) is 10.2 Å². The second-order valence-electron chi connectivity index (χ2n) is 9.63. The first-order valence-corrected chi connectivity index (χ1v) is 12.8. The van der Waals surface area contributed by atoms with Crippen molar-refractivity contribution in [3.05, 3.63) is 71.8 Å². The molecule has 6 heteroatoms. The lowest BCUT2D eigenvalue weighted by molar-refractivity contribution is 0.362. The van der Waals surface area contributed by atoms with Gasteiger partial charge < -0.3 is 10.2 Å². The number of phenolic OH excluding ortho intramolecular Hbond substituents is 2. The van der Waals surface area contributed by atoms with Gasteiger partial charge in [0.2, 0.25) is 0 Å². The van der Waals surface area contributed by atoms with Crippen LogP contribution in [0.5, 0.6) is 11.5 Å². The van der Waals surface area contributed by atoms with Crippen LogP contribution in [0.25, 0.3) is 32.7 Å². The maximum atomic E-state index is 11.6. The van der Waals surface area contributed by atoms with Crippen molar-refractivity contribution in [1.82, 2.24) is 10.0 Å². The summed E-state index contributed by atoms with van der Waals surface area (Å²) >= 11 is 0. The molecule has 2 heterocycles. The Morgan fingerprint density at radius 3 is 1.39 bits per heavy atom. The average molecular weight is 479 g/mol. The second-order valence-corrected chi connectivity index (χ2v) is 9.63. The first kappa shape index (κ1) is 22.4. The number of hydrazone groups is 2. The Balaban J connectivity index is 1.58. The van der Waals surface area contributed by atoms with Crippen LogP contribution in [0.1, 0.15) is 36.8 Å². The molecular formula is C30H30N4O2. The van der Waals surface area contributed by atoms with Crippen LogP contribution in [0, 0.1) is 0 Å². The second kappa shape index (κ2) is 9.53. The minimum atomic E-state index is 0.116. The molecule has 0 radical (unpaired) electrons. The Kier molecular flexibility index (Phi) is 5.93. The van der Waals surface area contributed by atoms with Gasteiger partial charge in [0.15, 0.2) is 0 Å². The van der Waals surface area contributed by atoms with Crippen LogP contribution >= 0.6 is 0 Å². The normalized spacial score (nSPS) is 16.4. The molecule has 0 aromatic heterocycles. The highest BCUT2D eigenvalue weighted by molar-refractivity contribution is 6.14. The Labute approximate surface area is 210 Å². The molecule has 0 atom stereocenters. The van der Waals surface area contributed by atoms with Crippen molar-refractivity contribution in [1.29, 1.82) is 0 Å². The largest absolute Gasteiger partial charge is 0.507 e. The highest BCUT2D eigenvalue weighted by Gasteiger charge is 2.22. The molecular weight excluding hydrogens is 448 g/mol. The molecule has 0 saturated carbocycles. The number of hydrogen-bond donors (Lipinski definition) is 2. The molecule has 2 fully saturated rings. The number of nitrogens with zero attached hydrogens (tertiary/aromatic N) is 4. The van der Waals surface area contributed by atoms with Crippen LogP contribution in [0.4, 0.5) is 0 Å². The molecule has 0 bridgehead atoms. The van der Waals surface area contributed by atoms with E-state index in [0.29, 0.717) is 22.3 Å². The van der Waals surface area contributed by atoms with Gasteiger partial charge in [0.25, 0.3) is 0 Å². The molecule has 182 valence electrons. The van der Waals surface area contributed by atoms with Crippen molar-refractivity contribution in [3.8, 4) is 22.6 Å². The third-order valence-electron chi connectivity index (χ3n) is 7.24. The van der Waals surface area contributed by atoms with E-state index in [1.54, 1.807) is 12.4 Å². The Hall–Kier alpha value is -4.06. The van der Waals surface area contributed by atoms with Crippen molar-refractivity contribution < 1.29 is 10.2 Å². The lowest BCUT2D eigenvalue weighted by Crippen LogP contribution is -2.11. The number of benzene rings is 4. The molecule has 0 amide bonds. The van der Waals surface area contributed by atoms with E-state index < -0.39 is 0 Å². The van der Waals surface area contributed by atoms with Crippen LogP contribution < -0.4 is 0 Å². The fourth-order valence-corrected chi connectivity index (χ4v) is 5.34. The summed E-state index contributed by atoms with van der Waals surface area (Å²) in [6, 6.07) is 19.9. The standard InChI is InChI=1S/C30H30N4O2/c35-29-23(19-31-33-13-5-6-14-33)17-21-9-1-3-11-25(21)27(29)28-26-12-4-2-10-22(26)18-24(30(28)36)20-32-34-15-7-8-16-34/h1-4,9-12,17-20,35-36H,5-8,13-16H2/b31-19+,32-20+. The minimum Gasteiger partial charge on any atom is -0.507 e. The lowest BCUT2D eigenvalue weighted by Gasteiger charge is -2.18. The predicted molar refractivity (Wildman–Crippen MR) is 147 cm³/mol. The smallest absolute Gasteiger partial charge is 0.133 e.